The molecule has 3 heteroatoms. The molecular formula is C15H18N2O. The van der Waals surface area contributed by atoms with E-state index in [0.29, 0.717) is 5.56 Å². The number of aromatic amines is 1. The predicted molar refractivity (Wildman–Crippen MR) is 73.7 cm³/mol. The van der Waals surface area contributed by atoms with Gasteiger partial charge < -0.3 is 4.98 Å². The Hall–Kier alpha value is -1.90. The van der Waals surface area contributed by atoms with E-state index in [1.54, 1.807) is 0 Å². The Morgan fingerprint density at radius 3 is 2.56 bits per heavy atom. The first-order valence-corrected chi connectivity index (χ1v) is 6.29. The van der Waals surface area contributed by atoms with Crippen LogP contribution in [0.2, 0.25) is 0 Å². The lowest BCUT2D eigenvalue weighted by Gasteiger charge is -2.11. The summed E-state index contributed by atoms with van der Waals surface area (Å²) in [6, 6.07) is 9.84. The molecule has 0 saturated heterocycles. The highest BCUT2D eigenvalue weighted by atomic mass is 16.1. The normalized spacial score (nSPS) is 12.4. The van der Waals surface area contributed by atoms with Crippen LogP contribution in [0.5, 0.6) is 0 Å². The Balaban J connectivity index is 2.60. The number of nitrogens with zero attached hydrogens (tertiary/aromatic N) is 1. The fourth-order valence-corrected chi connectivity index (χ4v) is 1.85. The Morgan fingerprint density at radius 1 is 1.28 bits per heavy atom. The smallest absolute Gasteiger partial charge is 0.254 e. The summed E-state index contributed by atoms with van der Waals surface area (Å²) >= 11 is 0. The van der Waals surface area contributed by atoms with Gasteiger partial charge in [-0.1, -0.05) is 44.2 Å². The fourth-order valence-electron chi connectivity index (χ4n) is 1.85. The Morgan fingerprint density at radius 2 is 1.94 bits per heavy atom. The van der Waals surface area contributed by atoms with E-state index in [-0.39, 0.29) is 11.5 Å². The van der Waals surface area contributed by atoms with E-state index in [1.807, 2.05) is 37.3 Å². The molecule has 0 saturated carbocycles. The van der Waals surface area contributed by atoms with E-state index >= 15 is 0 Å². The molecule has 1 aromatic heterocycles. The van der Waals surface area contributed by atoms with E-state index in [4.69, 9.17) is 0 Å². The lowest BCUT2D eigenvalue weighted by Crippen LogP contribution is -2.17. The van der Waals surface area contributed by atoms with Crippen molar-refractivity contribution < 1.29 is 0 Å². The van der Waals surface area contributed by atoms with Crippen molar-refractivity contribution in [1.29, 1.82) is 0 Å². The van der Waals surface area contributed by atoms with Crippen LogP contribution in [-0.4, -0.2) is 9.97 Å². The highest BCUT2D eigenvalue weighted by molar-refractivity contribution is 5.62. The molecule has 1 unspecified atom stereocenters. The zero-order chi connectivity index (χ0) is 13.1. The van der Waals surface area contributed by atoms with Crippen molar-refractivity contribution in [1.82, 2.24) is 9.97 Å². The number of H-pyrrole nitrogens is 1. The molecule has 0 aliphatic heterocycles. The molecule has 2 rings (SSSR count). The van der Waals surface area contributed by atoms with E-state index in [9.17, 15) is 4.79 Å². The Labute approximate surface area is 107 Å². The summed E-state index contributed by atoms with van der Waals surface area (Å²) in [7, 11) is 0. The summed E-state index contributed by atoms with van der Waals surface area (Å²) < 4.78 is 0. The Bertz CT molecular complexity index is 587. The van der Waals surface area contributed by atoms with Crippen molar-refractivity contribution in [3.8, 4) is 11.3 Å². The van der Waals surface area contributed by atoms with Gasteiger partial charge in [0.25, 0.3) is 5.56 Å². The van der Waals surface area contributed by atoms with Gasteiger partial charge in [0.15, 0.2) is 0 Å². The summed E-state index contributed by atoms with van der Waals surface area (Å²) in [5.41, 5.74) is 2.41. The standard InChI is InChI=1S/C15H18N2O/c1-4-10(2)14-16-13(11(3)15(18)17-14)12-8-6-5-7-9-12/h5-10H,4H2,1-3H3,(H,16,17,18). The minimum absolute atomic E-state index is 0.0425. The molecular weight excluding hydrogens is 224 g/mol. The number of hydrogen-bond donors (Lipinski definition) is 1. The van der Waals surface area contributed by atoms with E-state index < -0.39 is 0 Å². The maximum atomic E-state index is 12.0. The highest BCUT2D eigenvalue weighted by Gasteiger charge is 2.12. The molecule has 94 valence electrons. The first-order valence-electron chi connectivity index (χ1n) is 6.29. The van der Waals surface area contributed by atoms with Crippen molar-refractivity contribution in [3.63, 3.8) is 0 Å². The zero-order valence-corrected chi connectivity index (χ0v) is 11.0. The molecule has 0 radical (unpaired) electrons. The van der Waals surface area contributed by atoms with Gasteiger partial charge in [0.2, 0.25) is 0 Å². The third kappa shape index (κ3) is 2.35. The summed E-state index contributed by atoms with van der Waals surface area (Å²) in [5.74, 6) is 1.03. The van der Waals surface area contributed by atoms with Crippen molar-refractivity contribution >= 4 is 0 Å². The lowest BCUT2D eigenvalue weighted by atomic mass is 10.1. The van der Waals surface area contributed by atoms with Crippen molar-refractivity contribution in [2.75, 3.05) is 0 Å². The minimum Gasteiger partial charge on any atom is -0.310 e. The molecule has 0 fully saturated rings. The maximum absolute atomic E-state index is 12.0. The van der Waals surface area contributed by atoms with Gasteiger partial charge in [-0.3, -0.25) is 4.79 Å². The van der Waals surface area contributed by atoms with E-state index in [2.05, 4.69) is 23.8 Å². The van der Waals surface area contributed by atoms with Crippen LogP contribution < -0.4 is 5.56 Å². The molecule has 0 bridgehead atoms. The monoisotopic (exact) mass is 242 g/mol. The van der Waals surface area contributed by atoms with Crippen molar-refractivity contribution in [3.05, 3.63) is 52.1 Å². The van der Waals surface area contributed by atoms with Crippen molar-refractivity contribution in [2.45, 2.75) is 33.1 Å². The molecule has 18 heavy (non-hydrogen) atoms. The number of rotatable bonds is 3. The third-order valence-electron chi connectivity index (χ3n) is 3.30. The first-order chi connectivity index (χ1) is 8.63. The second-order valence-corrected chi connectivity index (χ2v) is 4.60. The van der Waals surface area contributed by atoms with Gasteiger partial charge in [0.1, 0.15) is 5.82 Å². The summed E-state index contributed by atoms with van der Waals surface area (Å²) in [6.07, 6.45) is 0.959. The second-order valence-electron chi connectivity index (χ2n) is 4.60. The quantitative estimate of drug-likeness (QED) is 0.898. The van der Waals surface area contributed by atoms with Gasteiger partial charge in [-0.15, -0.1) is 0 Å². The van der Waals surface area contributed by atoms with Crippen LogP contribution in [0.15, 0.2) is 35.1 Å². The number of hydrogen-bond acceptors (Lipinski definition) is 2. The third-order valence-corrected chi connectivity index (χ3v) is 3.30. The van der Waals surface area contributed by atoms with Crippen LogP contribution in [0.3, 0.4) is 0 Å². The van der Waals surface area contributed by atoms with Gasteiger partial charge in [0.05, 0.1) is 5.69 Å². The second kappa shape index (κ2) is 5.17. The Kier molecular flexibility index (Phi) is 3.60. The zero-order valence-electron chi connectivity index (χ0n) is 11.0. The molecule has 2 aromatic rings. The van der Waals surface area contributed by atoms with Gasteiger partial charge >= 0.3 is 0 Å². The average molecular weight is 242 g/mol. The molecule has 1 aromatic carbocycles. The molecule has 0 aliphatic carbocycles. The van der Waals surface area contributed by atoms with Gasteiger partial charge in [-0.2, -0.15) is 0 Å². The molecule has 1 N–H and O–H groups in total. The summed E-state index contributed by atoms with van der Waals surface area (Å²) in [5, 5.41) is 0. The topological polar surface area (TPSA) is 45.8 Å². The highest BCUT2D eigenvalue weighted by Crippen LogP contribution is 2.21. The largest absolute Gasteiger partial charge is 0.310 e. The molecule has 0 spiro atoms. The molecule has 1 atom stereocenters. The van der Waals surface area contributed by atoms with Crippen molar-refractivity contribution in [2.24, 2.45) is 0 Å². The van der Waals surface area contributed by atoms with E-state index in [0.717, 1.165) is 23.5 Å². The van der Waals surface area contributed by atoms with Gasteiger partial charge in [-0.25, -0.2) is 4.98 Å². The summed E-state index contributed by atoms with van der Waals surface area (Å²) in [4.78, 5) is 19.4. The van der Waals surface area contributed by atoms with Crippen LogP contribution >= 0.6 is 0 Å². The molecule has 0 aliphatic rings. The van der Waals surface area contributed by atoms with Crippen LogP contribution in [0.25, 0.3) is 11.3 Å². The number of nitrogens with one attached hydrogen (secondary N) is 1. The number of aromatic nitrogens is 2. The summed E-state index contributed by atoms with van der Waals surface area (Å²) in [6.45, 7) is 5.98. The van der Waals surface area contributed by atoms with Gasteiger partial charge in [-0.05, 0) is 13.3 Å². The van der Waals surface area contributed by atoms with Crippen LogP contribution in [-0.2, 0) is 0 Å². The first kappa shape index (κ1) is 12.6. The average Bonchev–Trinajstić information content (AvgIpc) is 2.41. The van der Waals surface area contributed by atoms with Gasteiger partial charge in [0, 0.05) is 17.0 Å². The van der Waals surface area contributed by atoms with Crippen LogP contribution in [0.1, 0.15) is 37.6 Å². The number of benzene rings is 1. The van der Waals surface area contributed by atoms with Crippen LogP contribution in [0.4, 0.5) is 0 Å². The molecule has 3 nitrogen and oxygen atoms in total. The molecule has 1 heterocycles. The minimum atomic E-state index is -0.0425. The lowest BCUT2D eigenvalue weighted by molar-refractivity contribution is 0.674. The maximum Gasteiger partial charge on any atom is 0.254 e. The SMILES string of the molecule is CCC(C)c1nc(-c2ccccc2)c(C)c(=O)[nH]1. The molecule has 0 amide bonds. The fraction of sp³-hybridized carbons (Fsp3) is 0.333. The predicted octanol–water partition coefficient (Wildman–Crippen LogP) is 3.26. The van der Waals surface area contributed by atoms with Crippen LogP contribution in [0, 0.1) is 6.92 Å². The van der Waals surface area contributed by atoms with E-state index in [1.165, 1.54) is 0 Å².